The van der Waals surface area contributed by atoms with Gasteiger partial charge in [-0.2, -0.15) is 0 Å². The summed E-state index contributed by atoms with van der Waals surface area (Å²) in [5.74, 6) is -2.17. The Morgan fingerprint density at radius 3 is 2.60 bits per heavy atom. The molecule has 7 nitrogen and oxygen atoms in total. The number of benzene rings is 2. The first-order valence-corrected chi connectivity index (χ1v) is 9.78. The largest absolute Gasteiger partial charge is 0.507 e. The molecule has 2 aromatic rings. The van der Waals surface area contributed by atoms with Crippen LogP contribution in [0.5, 0.6) is 5.75 Å². The number of aromatic hydroxyl groups is 1. The smallest absolute Gasteiger partial charge is 0.325 e. The van der Waals surface area contributed by atoms with Crippen LogP contribution in [-0.2, 0) is 16.0 Å². The Hall–Kier alpha value is -3.03. The van der Waals surface area contributed by atoms with Gasteiger partial charge in [0.2, 0.25) is 0 Å². The number of hydrogen-bond donors (Lipinski definition) is 3. The van der Waals surface area contributed by atoms with E-state index in [9.17, 15) is 19.5 Å². The molecule has 0 radical (unpaired) electrons. The summed E-state index contributed by atoms with van der Waals surface area (Å²) in [5, 5.41) is 21.2. The predicted octanol–water partition coefficient (Wildman–Crippen LogP) is 3.50. The minimum Gasteiger partial charge on any atom is -0.507 e. The third kappa shape index (κ3) is 4.27. The van der Waals surface area contributed by atoms with E-state index in [4.69, 9.17) is 28.3 Å². The van der Waals surface area contributed by atoms with E-state index in [1.165, 1.54) is 36.1 Å². The highest BCUT2D eigenvalue weighted by molar-refractivity contribution is 6.41. The Morgan fingerprint density at radius 1 is 1.23 bits per heavy atom. The Labute approximate surface area is 182 Å². The zero-order valence-electron chi connectivity index (χ0n) is 15.9. The van der Waals surface area contributed by atoms with E-state index in [2.05, 4.69) is 5.32 Å². The molecule has 0 unspecified atom stereocenters. The van der Waals surface area contributed by atoms with Gasteiger partial charge in [0.05, 0.1) is 21.3 Å². The van der Waals surface area contributed by atoms with Gasteiger partial charge in [0.1, 0.15) is 11.8 Å². The maximum absolute atomic E-state index is 12.7. The van der Waals surface area contributed by atoms with Crippen LogP contribution in [0.15, 0.2) is 36.4 Å². The minimum absolute atomic E-state index is 0.0122. The van der Waals surface area contributed by atoms with Crippen LogP contribution in [0.4, 0.5) is 5.69 Å². The Balaban J connectivity index is 1.87. The van der Waals surface area contributed by atoms with Gasteiger partial charge < -0.3 is 20.4 Å². The zero-order valence-corrected chi connectivity index (χ0v) is 17.4. The highest BCUT2D eigenvalue weighted by Gasteiger charge is 2.30. The molecule has 156 valence electrons. The van der Waals surface area contributed by atoms with Crippen molar-refractivity contribution in [3.05, 3.63) is 63.1 Å². The van der Waals surface area contributed by atoms with Crippen molar-refractivity contribution in [1.29, 1.82) is 0 Å². The fraction of sp³-hybridized carbons (Fsp3) is 0.190. The van der Waals surface area contributed by atoms with Crippen molar-refractivity contribution >= 4 is 52.7 Å². The number of halogens is 2. The number of carbonyl (C=O) groups excluding carboxylic acids is 2. The average molecular weight is 449 g/mol. The Kier molecular flexibility index (Phi) is 6.34. The lowest BCUT2D eigenvalue weighted by Crippen LogP contribution is -2.38. The number of para-hydroxylation sites is 1. The molecular weight excluding hydrogens is 431 g/mol. The van der Waals surface area contributed by atoms with E-state index in [-0.39, 0.29) is 27.3 Å². The van der Waals surface area contributed by atoms with Crippen molar-refractivity contribution in [2.75, 3.05) is 11.4 Å². The number of hydrogen-bond acceptors (Lipinski definition) is 4. The van der Waals surface area contributed by atoms with Gasteiger partial charge in [0, 0.05) is 18.2 Å². The first kappa shape index (κ1) is 21.7. The zero-order chi connectivity index (χ0) is 22.0. The topological polar surface area (TPSA) is 107 Å². The van der Waals surface area contributed by atoms with E-state index >= 15 is 0 Å². The van der Waals surface area contributed by atoms with Gasteiger partial charge in [-0.1, -0.05) is 41.4 Å². The second-order valence-electron chi connectivity index (χ2n) is 6.71. The lowest BCUT2D eigenvalue weighted by atomic mass is 10.1. The molecule has 1 heterocycles. The standard InChI is InChI=1S/C21H18Cl2N2O5/c1-11(21(29)30)24-20(28)18-14(22)10-15-13(19(18)23)8-9-25(15)17(27)7-6-12-4-2-3-5-16(12)26/h2-7,10-11,26H,8-9H2,1H3,(H,24,28)(H,29,30)/b7-6+/t11-/m0/s1. The molecular formula is C21H18Cl2N2O5. The molecule has 0 aromatic heterocycles. The number of anilines is 1. The van der Waals surface area contributed by atoms with Crippen LogP contribution >= 0.6 is 23.2 Å². The van der Waals surface area contributed by atoms with Crippen LogP contribution in [0.1, 0.15) is 28.4 Å². The fourth-order valence-corrected chi connectivity index (χ4v) is 3.83. The van der Waals surface area contributed by atoms with Gasteiger partial charge >= 0.3 is 5.97 Å². The summed E-state index contributed by atoms with van der Waals surface area (Å²) in [6, 6.07) is 6.98. The number of carbonyl (C=O) groups is 3. The number of phenolic OH excluding ortho intramolecular Hbond substituents is 1. The van der Waals surface area contributed by atoms with Crippen molar-refractivity contribution in [1.82, 2.24) is 5.32 Å². The lowest BCUT2D eigenvalue weighted by Gasteiger charge is -2.18. The van der Waals surface area contributed by atoms with E-state index < -0.39 is 17.9 Å². The van der Waals surface area contributed by atoms with E-state index in [0.717, 1.165) is 0 Å². The molecule has 0 spiro atoms. The molecule has 1 aliphatic rings. The molecule has 30 heavy (non-hydrogen) atoms. The molecule has 0 bridgehead atoms. The van der Waals surface area contributed by atoms with Crippen LogP contribution in [0.2, 0.25) is 10.0 Å². The van der Waals surface area contributed by atoms with Gasteiger partial charge in [-0.15, -0.1) is 0 Å². The number of carboxylic acids is 1. The normalized spacial score (nSPS) is 13.9. The van der Waals surface area contributed by atoms with E-state index in [1.54, 1.807) is 18.2 Å². The third-order valence-corrected chi connectivity index (χ3v) is 5.44. The summed E-state index contributed by atoms with van der Waals surface area (Å²) < 4.78 is 0. The summed E-state index contributed by atoms with van der Waals surface area (Å²) in [5.41, 5.74) is 1.54. The van der Waals surface area contributed by atoms with Gasteiger partial charge in [-0.25, -0.2) is 0 Å². The molecule has 1 atom stereocenters. The van der Waals surface area contributed by atoms with Crippen molar-refractivity contribution < 1.29 is 24.6 Å². The Bertz CT molecular complexity index is 1070. The number of phenols is 1. The molecule has 1 aliphatic heterocycles. The van der Waals surface area contributed by atoms with Crippen LogP contribution in [0.3, 0.4) is 0 Å². The monoisotopic (exact) mass is 448 g/mol. The molecule has 3 rings (SSSR count). The van der Waals surface area contributed by atoms with Gasteiger partial charge in [0.25, 0.3) is 11.8 Å². The second-order valence-corrected chi connectivity index (χ2v) is 7.50. The third-order valence-electron chi connectivity index (χ3n) is 4.73. The molecule has 2 amide bonds. The number of rotatable bonds is 5. The van der Waals surface area contributed by atoms with Crippen LogP contribution < -0.4 is 10.2 Å². The second kappa shape index (κ2) is 8.77. The lowest BCUT2D eigenvalue weighted by molar-refractivity contribution is -0.138. The predicted molar refractivity (Wildman–Crippen MR) is 114 cm³/mol. The molecule has 0 fully saturated rings. The number of amides is 2. The van der Waals surface area contributed by atoms with Crippen molar-refractivity contribution in [3.63, 3.8) is 0 Å². The molecule has 0 aliphatic carbocycles. The van der Waals surface area contributed by atoms with E-state index in [0.29, 0.717) is 29.8 Å². The van der Waals surface area contributed by atoms with Crippen LogP contribution in [0, 0.1) is 0 Å². The fourth-order valence-electron chi connectivity index (χ4n) is 3.12. The van der Waals surface area contributed by atoms with Crippen LogP contribution in [-0.4, -0.2) is 40.6 Å². The first-order chi connectivity index (χ1) is 14.2. The summed E-state index contributed by atoms with van der Waals surface area (Å²) in [6.45, 7) is 1.67. The number of carboxylic acid groups (broad SMARTS) is 1. The highest BCUT2D eigenvalue weighted by Crippen LogP contribution is 2.40. The molecule has 0 saturated carbocycles. The summed E-state index contributed by atoms with van der Waals surface area (Å²) in [4.78, 5) is 37.6. The van der Waals surface area contributed by atoms with Gasteiger partial charge in [-0.3, -0.25) is 14.4 Å². The summed E-state index contributed by atoms with van der Waals surface area (Å²) >= 11 is 12.7. The number of fused-ring (bicyclic) bond motifs is 1. The molecule has 9 heteroatoms. The minimum atomic E-state index is -1.19. The van der Waals surface area contributed by atoms with Gasteiger partial charge in [-0.05, 0) is 37.1 Å². The van der Waals surface area contributed by atoms with Crippen LogP contribution in [0.25, 0.3) is 6.08 Å². The summed E-state index contributed by atoms with van der Waals surface area (Å²) in [7, 11) is 0. The number of nitrogens with zero attached hydrogens (tertiary/aromatic N) is 1. The Morgan fingerprint density at radius 2 is 1.93 bits per heavy atom. The quantitative estimate of drug-likeness (QED) is 0.606. The van der Waals surface area contributed by atoms with E-state index in [1.807, 2.05) is 0 Å². The molecule has 0 saturated heterocycles. The SMILES string of the molecule is C[C@H](NC(=O)c1c(Cl)cc2c(c1Cl)CCN2C(=O)/C=C/c1ccccc1O)C(=O)O. The van der Waals surface area contributed by atoms with Gasteiger partial charge in [0.15, 0.2) is 0 Å². The first-order valence-electron chi connectivity index (χ1n) is 9.02. The maximum atomic E-state index is 12.7. The maximum Gasteiger partial charge on any atom is 0.325 e. The summed E-state index contributed by atoms with van der Waals surface area (Å²) in [6.07, 6.45) is 3.26. The van der Waals surface area contributed by atoms with Crippen molar-refractivity contribution in [2.24, 2.45) is 0 Å². The molecule has 2 aromatic carbocycles. The average Bonchev–Trinajstić information content (AvgIpc) is 3.11. The number of nitrogens with one attached hydrogen (secondary N) is 1. The molecule has 3 N–H and O–H groups in total. The highest BCUT2D eigenvalue weighted by atomic mass is 35.5. The number of aliphatic carboxylic acids is 1. The van der Waals surface area contributed by atoms with Crippen molar-refractivity contribution in [3.8, 4) is 5.75 Å². The van der Waals surface area contributed by atoms with Crippen molar-refractivity contribution in [2.45, 2.75) is 19.4 Å².